The summed E-state index contributed by atoms with van der Waals surface area (Å²) in [5.41, 5.74) is -0.0381. The third kappa shape index (κ3) is 2.17. The molecule has 0 atom stereocenters. The summed E-state index contributed by atoms with van der Waals surface area (Å²) >= 11 is 1.61. The van der Waals surface area contributed by atoms with Gasteiger partial charge in [-0.25, -0.2) is 14.8 Å². The van der Waals surface area contributed by atoms with Crippen LogP contribution in [0.1, 0.15) is 12.8 Å². The van der Waals surface area contributed by atoms with Crippen LogP contribution in [0.25, 0.3) is 10.2 Å². The van der Waals surface area contributed by atoms with Crippen molar-refractivity contribution in [3.8, 4) is 0 Å². The number of nitrogens with zero attached hydrogens (tertiary/aromatic N) is 5. The van der Waals surface area contributed by atoms with Crippen LogP contribution in [0.2, 0.25) is 0 Å². The van der Waals surface area contributed by atoms with Gasteiger partial charge in [-0.1, -0.05) is 0 Å². The Bertz CT molecular complexity index is 837. The molecule has 0 aliphatic carbocycles. The molecule has 4 heterocycles. The molecule has 3 aromatic rings. The van der Waals surface area contributed by atoms with Crippen molar-refractivity contribution in [1.29, 1.82) is 0 Å². The highest BCUT2D eigenvalue weighted by atomic mass is 32.1. The molecular formula is C15H15N5O2S. The van der Waals surface area contributed by atoms with Gasteiger partial charge in [0.2, 0.25) is 0 Å². The second kappa shape index (κ2) is 5.31. The Balaban J connectivity index is 1.64. The van der Waals surface area contributed by atoms with Crippen LogP contribution in [-0.4, -0.2) is 43.9 Å². The lowest BCUT2D eigenvalue weighted by Crippen LogP contribution is -2.51. The molecular weight excluding hydrogens is 314 g/mol. The lowest BCUT2D eigenvalue weighted by molar-refractivity contribution is -0.149. The van der Waals surface area contributed by atoms with Crippen LogP contribution in [0.15, 0.2) is 36.2 Å². The number of carboxylic acid groups (broad SMARTS) is 1. The first-order valence-corrected chi connectivity index (χ1v) is 8.25. The van der Waals surface area contributed by atoms with E-state index in [1.54, 1.807) is 40.8 Å². The highest BCUT2D eigenvalue weighted by molar-refractivity contribution is 7.17. The van der Waals surface area contributed by atoms with Crippen molar-refractivity contribution in [1.82, 2.24) is 19.7 Å². The van der Waals surface area contributed by atoms with E-state index < -0.39 is 11.5 Å². The van der Waals surface area contributed by atoms with Gasteiger partial charge in [-0.15, -0.1) is 11.3 Å². The van der Waals surface area contributed by atoms with Crippen LogP contribution in [-0.2, 0) is 10.3 Å². The third-order valence-corrected chi connectivity index (χ3v) is 5.36. The average molecular weight is 329 g/mol. The molecule has 1 aliphatic heterocycles. The van der Waals surface area contributed by atoms with Crippen molar-refractivity contribution >= 4 is 33.3 Å². The molecule has 0 spiro atoms. The molecule has 0 amide bonds. The Morgan fingerprint density at radius 1 is 1.30 bits per heavy atom. The number of aromatic nitrogens is 4. The van der Waals surface area contributed by atoms with Crippen molar-refractivity contribution in [2.45, 2.75) is 18.4 Å². The summed E-state index contributed by atoms with van der Waals surface area (Å²) < 4.78 is 2.63. The molecule has 8 heteroatoms. The molecule has 1 aliphatic rings. The van der Waals surface area contributed by atoms with Gasteiger partial charge in [-0.3, -0.25) is 4.68 Å². The van der Waals surface area contributed by atoms with Gasteiger partial charge in [-0.2, -0.15) is 5.10 Å². The SMILES string of the molecule is O=C(O)C1(n2cccn2)CCN(c2ncnc3ccsc23)CC1. The maximum Gasteiger partial charge on any atom is 0.331 e. The predicted molar refractivity (Wildman–Crippen MR) is 86.7 cm³/mol. The molecule has 1 fully saturated rings. The van der Waals surface area contributed by atoms with Crippen molar-refractivity contribution in [3.05, 3.63) is 36.2 Å². The molecule has 0 radical (unpaired) electrons. The number of piperidine rings is 1. The minimum atomic E-state index is -0.971. The summed E-state index contributed by atoms with van der Waals surface area (Å²) in [7, 11) is 0. The fourth-order valence-electron chi connectivity index (χ4n) is 3.15. The van der Waals surface area contributed by atoms with Crippen LogP contribution < -0.4 is 4.90 Å². The molecule has 0 aromatic carbocycles. The van der Waals surface area contributed by atoms with Crippen molar-refractivity contribution in [3.63, 3.8) is 0 Å². The van der Waals surface area contributed by atoms with E-state index >= 15 is 0 Å². The van der Waals surface area contributed by atoms with E-state index in [-0.39, 0.29) is 0 Å². The summed E-state index contributed by atoms with van der Waals surface area (Å²) in [4.78, 5) is 22.7. The Kier molecular flexibility index (Phi) is 3.26. The first kappa shape index (κ1) is 14.1. The molecule has 0 saturated carbocycles. The van der Waals surface area contributed by atoms with E-state index in [4.69, 9.17) is 0 Å². The van der Waals surface area contributed by atoms with E-state index in [0.717, 1.165) is 16.0 Å². The number of thiophene rings is 1. The lowest BCUT2D eigenvalue weighted by atomic mass is 9.87. The van der Waals surface area contributed by atoms with E-state index in [1.165, 1.54) is 0 Å². The minimum Gasteiger partial charge on any atom is -0.479 e. The van der Waals surface area contributed by atoms with Gasteiger partial charge >= 0.3 is 5.97 Å². The molecule has 4 rings (SSSR count). The minimum absolute atomic E-state index is 0.487. The van der Waals surface area contributed by atoms with Gasteiger partial charge in [0.05, 0.1) is 10.2 Å². The van der Waals surface area contributed by atoms with Crippen LogP contribution in [0, 0.1) is 0 Å². The molecule has 1 saturated heterocycles. The molecule has 118 valence electrons. The smallest absolute Gasteiger partial charge is 0.331 e. The number of hydrogen-bond acceptors (Lipinski definition) is 6. The predicted octanol–water partition coefficient (Wildman–Crippen LogP) is 1.97. The number of aliphatic carboxylic acids is 1. The summed E-state index contributed by atoms with van der Waals surface area (Å²) in [6.45, 7) is 1.24. The van der Waals surface area contributed by atoms with E-state index in [2.05, 4.69) is 20.0 Å². The number of rotatable bonds is 3. The number of fused-ring (bicyclic) bond motifs is 1. The maximum atomic E-state index is 11.9. The average Bonchev–Trinajstić information content (AvgIpc) is 3.26. The molecule has 3 aromatic heterocycles. The first-order valence-electron chi connectivity index (χ1n) is 7.37. The van der Waals surface area contributed by atoms with E-state index in [1.807, 2.05) is 11.4 Å². The van der Waals surface area contributed by atoms with Gasteiger partial charge in [0.1, 0.15) is 12.1 Å². The summed E-state index contributed by atoms with van der Waals surface area (Å²) in [6, 6.07) is 3.73. The van der Waals surface area contributed by atoms with Gasteiger partial charge in [0.15, 0.2) is 5.54 Å². The lowest BCUT2D eigenvalue weighted by Gasteiger charge is -2.39. The van der Waals surface area contributed by atoms with Crippen molar-refractivity contribution < 1.29 is 9.90 Å². The van der Waals surface area contributed by atoms with Gasteiger partial charge in [0.25, 0.3) is 0 Å². The Labute approximate surface area is 136 Å². The zero-order valence-electron chi connectivity index (χ0n) is 12.3. The Hall–Kier alpha value is -2.48. The summed E-state index contributed by atoms with van der Waals surface area (Å²) in [5.74, 6) is 0.0641. The third-order valence-electron chi connectivity index (χ3n) is 4.46. The molecule has 0 unspecified atom stereocenters. The first-order chi connectivity index (χ1) is 11.2. The molecule has 7 nitrogen and oxygen atoms in total. The highest BCUT2D eigenvalue weighted by Crippen LogP contribution is 2.35. The second-order valence-corrected chi connectivity index (χ2v) is 6.52. The number of hydrogen-bond donors (Lipinski definition) is 1. The molecule has 1 N–H and O–H groups in total. The number of anilines is 1. The van der Waals surface area contributed by atoms with Crippen LogP contribution in [0.5, 0.6) is 0 Å². The monoisotopic (exact) mass is 329 g/mol. The second-order valence-electron chi connectivity index (χ2n) is 5.61. The van der Waals surface area contributed by atoms with Crippen LogP contribution in [0.4, 0.5) is 5.82 Å². The summed E-state index contributed by atoms with van der Waals surface area (Å²) in [6.07, 6.45) is 5.89. The quantitative estimate of drug-likeness (QED) is 0.791. The topological polar surface area (TPSA) is 84.1 Å². The summed E-state index contributed by atoms with van der Waals surface area (Å²) in [5, 5.41) is 15.9. The highest BCUT2D eigenvalue weighted by Gasteiger charge is 2.44. The standard InChI is InChI=1S/C15H15N5O2S/c21-14(22)15(20-6-1-5-18-20)3-7-19(8-4-15)13-12-11(2-9-23-12)16-10-17-13/h1-2,5-6,9-10H,3-4,7-8H2,(H,21,22). The largest absolute Gasteiger partial charge is 0.479 e. The fourth-order valence-corrected chi connectivity index (χ4v) is 4.01. The van der Waals surface area contributed by atoms with Crippen molar-refractivity contribution in [2.75, 3.05) is 18.0 Å². The zero-order chi connectivity index (χ0) is 15.9. The Morgan fingerprint density at radius 2 is 2.13 bits per heavy atom. The van der Waals surface area contributed by atoms with Crippen LogP contribution >= 0.6 is 11.3 Å². The van der Waals surface area contributed by atoms with Crippen LogP contribution in [0.3, 0.4) is 0 Å². The van der Waals surface area contributed by atoms with E-state index in [0.29, 0.717) is 25.9 Å². The van der Waals surface area contributed by atoms with Crippen molar-refractivity contribution in [2.24, 2.45) is 0 Å². The van der Waals surface area contributed by atoms with E-state index in [9.17, 15) is 9.90 Å². The molecule has 23 heavy (non-hydrogen) atoms. The zero-order valence-corrected chi connectivity index (χ0v) is 13.1. The van der Waals surface area contributed by atoms with Gasteiger partial charge in [-0.05, 0) is 17.5 Å². The maximum absolute atomic E-state index is 11.9. The number of carbonyl (C=O) groups is 1. The van der Waals surface area contributed by atoms with Gasteiger partial charge < -0.3 is 10.0 Å². The molecule has 0 bridgehead atoms. The fraction of sp³-hybridized carbons (Fsp3) is 0.333. The Morgan fingerprint density at radius 3 is 2.83 bits per heavy atom. The number of carboxylic acids is 1. The normalized spacial score (nSPS) is 17.5. The van der Waals surface area contributed by atoms with Gasteiger partial charge in [0, 0.05) is 38.3 Å².